The fourth-order valence-electron chi connectivity index (χ4n) is 5.24. The summed E-state index contributed by atoms with van der Waals surface area (Å²) >= 11 is 0. The summed E-state index contributed by atoms with van der Waals surface area (Å²) in [5.41, 5.74) is 1.14. The number of unbranched alkanes of at least 4 members (excludes halogenated alkanes) is 6. The van der Waals surface area contributed by atoms with Crippen LogP contribution in [-0.4, -0.2) is 71.8 Å². The topological polar surface area (TPSA) is 59.1 Å². The van der Waals surface area contributed by atoms with Gasteiger partial charge in [0.05, 0.1) is 0 Å². The first-order valence-corrected chi connectivity index (χ1v) is 12.0. The van der Waals surface area contributed by atoms with E-state index in [2.05, 4.69) is 34.2 Å². The van der Waals surface area contributed by atoms with Crippen LogP contribution in [-0.2, 0) is 4.79 Å². The SMILES string of the molecule is CCCCCCCCCN1C(=O)C2C(NC3N(c4ccccc4)CCCN23)N(C)C1=O. The monoisotopic (exact) mass is 427 g/mol. The van der Waals surface area contributed by atoms with Crippen molar-refractivity contribution in [3.8, 4) is 0 Å². The lowest BCUT2D eigenvalue weighted by Crippen LogP contribution is -2.66. The standard InChI is InChI=1S/C24H37N5O2/c1-3-4-5-6-7-8-12-16-29-22(30)20-21(26(2)24(29)31)25-23-27(17-13-18-28(20)23)19-14-10-9-11-15-19/h9-11,14-15,20-21,23,25H,3-8,12-13,16-18H2,1-2H3. The lowest BCUT2D eigenvalue weighted by atomic mass is 10.1. The zero-order valence-corrected chi connectivity index (χ0v) is 19.0. The normalized spacial score (nSPS) is 26.4. The number of nitrogens with one attached hydrogen (secondary N) is 1. The van der Waals surface area contributed by atoms with Gasteiger partial charge < -0.3 is 9.80 Å². The number of rotatable bonds is 9. The molecule has 0 radical (unpaired) electrons. The van der Waals surface area contributed by atoms with Crippen LogP contribution in [0.3, 0.4) is 0 Å². The van der Waals surface area contributed by atoms with Gasteiger partial charge in [-0.3, -0.25) is 19.9 Å². The molecule has 3 fully saturated rings. The summed E-state index contributed by atoms with van der Waals surface area (Å²) in [6.45, 7) is 4.55. The van der Waals surface area contributed by atoms with E-state index in [-0.39, 0.29) is 30.4 Å². The Hall–Kier alpha value is -2.12. The molecule has 7 heteroatoms. The maximum atomic E-state index is 13.4. The molecule has 3 aliphatic heterocycles. The number of amides is 3. The second-order valence-corrected chi connectivity index (χ2v) is 9.06. The Balaban J connectivity index is 1.41. The molecule has 0 spiro atoms. The van der Waals surface area contributed by atoms with Crippen molar-refractivity contribution >= 4 is 17.6 Å². The Kier molecular flexibility index (Phi) is 7.13. The first-order valence-electron chi connectivity index (χ1n) is 12.0. The molecule has 31 heavy (non-hydrogen) atoms. The number of imide groups is 1. The van der Waals surface area contributed by atoms with Crippen LogP contribution in [0.1, 0.15) is 58.3 Å². The summed E-state index contributed by atoms with van der Waals surface area (Å²) in [6, 6.07) is 9.83. The van der Waals surface area contributed by atoms with Gasteiger partial charge in [0.1, 0.15) is 18.5 Å². The lowest BCUT2D eigenvalue weighted by molar-refractivity contribution is -0.138. The van der Waals surface area contributed by atoms with Gasteiger partial charge >= 0.3 is 6.03 Å². The van der Waals surface area contributed by atoms with Crippen molar-refractivity contribution in [2.24, 2.45) is 0 Å². The fourth-order valence-corrected chi connectivity index (χ4v) is 5.24. The summed E-state index contributed by atoms with van der Waals surface area (Å²) in [5, 5.41) is 3.58. The van der Waals surface area contributed by atoms with Crippen LogP contribution in [0.4, 0.5) is 10.5 Å². The van der Waals surface area contributed by atoms with Crippen LogP contribution in [0.5, 0.6) is 0 Å². The van der Waals surface area contributed by atoms with Gasteiger partial charge in [0.25, 0.3) is 5.91 Å². The van der Waals surface area contributed by atoms with Crippen molar-refractivity contribution in [2.45, 2.75) is 76.8 Å². The Morgan fingerprint density at radius 3 is 2.42 bits per heavy atom. The van der Waals surface area contributed by atoms with Crippen molar-refractivity contribution in [2.75, 3.05) is 31.6 Å². The minimum atomic E-state index is -0.316. The van der Waals surface area contributed by atoms with E-state index < -0.39 is 0 Å². The van der Waals surface area contributed by atoms with E-state index >= 15 is 0 Å². The molecule has 1 aromatic rings. The van der Waals surface area contributed by atoms with Gasteiger partial charge in [-0.05, 0) is 25.0 Å². The van der Waals surface area contributed by atoms with Gasteiger partial charge in [0.15, 0.2) is 0 Å². The highest BCUT2D eigenvalue weighted by molar-refractivity contribution is 6.00. The summed E-state index contributed by atoms with van der Waals surface area (Å²) in [4.78, 5) is 34.2. The highest BCUT2D eigenvalue weighted by Gasteiger charge is 2.55. The number of hydrogen-bond acceptors (Lipinski definition) is 5. The molecule has 3 unspecified atom stereocenters. The summed E-state index contributed by atoms with van der Waals surface area (Å²) in [6.07, 6.45) is 8.87. The van der Waals surface area contributed by atoms with E-state index in [0.717, 1.165) is 38.0 Å². The number of carbonyl (C=O) groups is 2. The Labute approximate surface area is 186 Å². The number of likely N-dealkylation sites (N-methyl/N-ethyl adjacent to an activating group) is 1. The molecule has 0 aliphatic carbocycles. The maximum absolute atomic E-state index is 13.4. The van der Waals surface area contributed by atoms with E-state index in [0.29, 0.717) is 6.54 Å². The highest BCUT2D eigenvalue weighted by atomic mass is 16.2. The van der Waals surface area contributed by atoms with Crippen molar-refractivity contribution in [3.05, 3.63) is 30.3 Å². The van der Waals surface area contributed by atoms with Gasteiger partial charge in [-0.15, -0.1) is 0 Å². The molecule has 3 aliphatic rings. The highest BCUT2D eigenvalue weighted by Crippen LogP contribution is 2.33. The number of urea groups is 1. The predicted molar refractivity (Wildman–Crippen MR) is 122 cm³/mol. The van der Waals surface area contributed by atoms with Crippen molar-refractivity contribution in [1.82, 2.24) is 20.0 Å². The first kappa shape index (κ1) is 22.1. The van der Waals surface area contributed by atoms with Crippen LogP contribution in [0.15, 0.2) is 30.3 Å². The van der Waals surface area contributed by atoms with E-state index in [9.17, 15) is 9.59 Å². The van der Waals surface area contributed by atoms with E-state index in [1.807, 2.05) is 25.2 Å². The molecule has 1 N–H and O–H groups in total. The zero-order valence-electron chi connectivity index (χ0n) is 19.0. The van der Waals surface area contributed by atoms with Crippen LogP contribution < -0.4 is 10.2 Å². The third kappa shape index (κ3) is 4.44. The smallest absolute Gasteiger partial charge is 0.327 e. The van der Waals surface area contributed by atoms with E-state index in [1.54, 1.807) is 4.90 Å². The van der Waals surface area contributed by atoms with Crippen LogP contribution in [0, 0.1) is 0 Å². The van der Waals surface area contributed by atoms with Crippen molar-refractivity contribution in [1.29, 1.82) is 0 Å². The fraction of sp³-hybridized carbons (Fsp3) is 0.667. The maximum Gasteiger partial charge on any atom is 0.327 e. The average Bonchev–Trinajstić information content (AvgIpc) is 3.19. The number of benzene rings is 1. The number of fused-ring (bicyclic) bond motifs is 3. The van der Waals surface area contributed by atoms with Crippen molar-refractivity contribution in [3.63, 3.8) is 0 Å². The molecule has 7 nitrogen and oxygen atoms in total. The summed E-state index contributed by atoms with van der Waals surface area (Å²) in [7, 11) is 1.82. The molecule has 3 heterocycles. The van der Waals surface area contributed by atoms with Gasteiger partial charge in [0.2, 0.25) is 0 Å². The number of carbonyl (C=O) groups excluding carboxylic acids is 2. The van der Waals surface area contributed by atoms with E-state index in [1.165, 1.54) is 37.0 Å². The quantitative estimate of drug-likeness (QED) is 0.612. The first-order chi connectivity index (χ1) is 15.1. The third-order valence-electron chi connectivity index (χ3n) is 6.94. The Morgan fingerprint density at radius 2 is 1.68 bits per heavy atom. The largest absolute Gasteiger partial charge is 0.343 e. The van der Waals surface area contributed by atoms with Crippen LogP contribution >= 0.6 is 0 Å². The Bertz CT molecular complexity index is 758. The molecule has 0 bridgehead atoms. The van der Waals surface area contributed by atoms with Gasteiger partial charge in [-0.25, -0.2) is 4.79 Å². The predicted octanol–water partition coefficient (Wildman–Crippen LogP) is 3.42. The number of anilines is 1. The van der Waals surface area contributed by atoms with Crippen LogP contribution in [0.2, 0.25) is 0 Å². The molecular weight excluding hydrogens is 390 g/mol. The molecule has 0 saturated carbocycles. The minimum absolute atomic E-state index is 0.0380. The summed E-state index contributed by atoms with van der Waals surface area (Å²) < 4.78 is 0. The molecule has 1 aromatic carbocycles. The molecule has 4 rings (SSSR count). The molecule has 170 valence electrons. The number of hydrogen-bond donors (Lipinski definition) is 1. The summed E-state index contributed by atoms with van der Waals surface area (Å²) in [5.74, 6) is -0.0380. The number of nitrogens with zero attached hydrogens (tertiary/aromatic N) is 4. The van der Waals surface area contributed by atoms with Crippen LogP contribution in [0.25, 0.3) is 0 Å². The van der Waals surface area contributed by atoms with Gasteiger partial charge in [-0.2, -0.15) is 0 Å². The second kappa shape index (κ2) is 10.0. The molecule has 3 atom stereocenters. The third-order valence-corrected chi connectivity index (χ3v) is 6.94. The van der Waals surface area contributed by atoms with Gasteiger partial charge in [-0.1, -0.05) is 63.6 Å². The molecule has 0 aromatic heterocycles. The lowest BCUT2D eigenvalue weighted by Gasteiger charge is -2.43. The number of para-hydroxylation sites is 1. The van der Waals surface area contributed by atoms with Crippen molar-refractivity contribution < 1.29 is 9.59 Å². The molecule has 3 amide bonds. The molecular formula is C24H37N5O2. The molecule has 3 saturated heterocycles. The van der Waals surface area contributed by atoms with Gasteiger partial charge in [0, 0.05) is 32.4 Å². The van der Waals surface area contributed by atoms with E-state index in [4.69, 9.17) is 0 Å². The zero-order chi connectivity index (χ0) is 21.8. The minimum Gasteiger partial charge on any atom is -0.343 e. The average molecular weight is 428 g/mol. The second-order valence-electron chi connectivity index (χ2n) is 9.06. The Morgan fingerprint density at radius 1 is 0.968 bits per heavy atom.